The molecule has 6 nitrogen and oxygen atoms in total. The molecule has 1 N–H and O–H groups in total. The van der Waals surface area contributed by atoms with Crippen LogP contribution in [0.3, 0.4) is 0 Å². The van der Waals surface area contributed by atoms with Crippen LogP contribution in [0.1, 0.15) is 12.5 Å². The van der Waals surface area contributed by atoms with Gasteiger partial charge in [0, 0.05) is 11.3 Å². The van der Waals surface area contributed by atoms with Crippen molar-refractivity contribution in [3.63, 3.8) is 0 Å². The standard InChI is InChI=1S/C18H13FN4O2S/c1-11(16(24)21-15-4-2-3-12(9-15)10-20)26-18-23-22-17(25-18)13-5-7-14(19)8-6-13/h2-9,11H,1H3,(H,21,24)/t11-/m0/s1. The van der Waals surface area contributed by atoms with Crippen LogP contribution in [0.25, 0.3) is 11.5 Å². The van der Waals surface area contributed by atoms with Gasteiger partial charge in [0.25, 0.3) is 5.22 Å². The van der Waals surface area contributed by atoms with E-state index in [2.05, 4.69) is 15.5 Å². The Morgan fingerprint density at radius 2 is 2.04 bits per heavy atom. The molecule has 1 heterocycles. The van der Waals surface area contributed by atoms with Gasteiger partial charge in [0.1, 0.15) is 5.82 Å². The van der Waals surface area contributed by atoms with Crippen molar-refractivity contribution in [2.45, 2.75) is 17.4 Å². The molecule has 26 heavy (non-hydrogen) atoms. The van der Waals surface area contributed by atoms with Crippen LogP contribution in [-0.2, 0) is 4.79 Å². The molecule has 130 valence electrons. The fraction of sp³-hybridized carbons (Fsp3) is 0.111. The van der Waals surface area contributed by atoms with Gasteiger partial charge >= 0.3 is 0 Å². The number of carbonyl (C=O) groups excluding carboxylic acids is 1. The van der Waals surface area contributed by atoms with Gasteiger partial charge in [-0.15, -0.1) is 10.2 Å². The highest BCUT2D eigenvalue weighted by atomic mass is 32.2. The molecule has 0 radical (unpaired) electrons. The van der Waals surface area contributed by atoms with Crippen molar-refractivity contribution >= 4 is 23.4 Å². The van der Waals surface area contributed by atoms with Crippen molar-refractivity contribution in [2.75, 3.05) is 5.32 Å². The van der Waals surface area contributed by atoms with Crippen molar-refractivity contribution in [1.29, 1.82) is 5.26 Å². The lowest BCUT2D eigenvalue weighted by molar-refractivity contribution is -0.115. The lowest BCUT2D eigenvalue weighted by atomic mass is 10.2. The molecule has 0 aliphatic heterocycles. The number of thioether (sulfide) groups is 1. The van der Waals surface area contributed by atoms with Gasteiger partial charge in [-0.1, -0.05) is 17.8 Å². The molecule has 1 amide bonds. The average Bonchev–Trinajstić information content (AvgIpc) is 3.11. The Balaban J connectivity index is 1.64. The summed E-state index contributed by atoms with van der Waals surface area (Å²) in [6, 6.07) is 14.3. The van der Waals surface area contributed by atoms with E-state index in [1.807, 2.05) is 6.07 Å². The van der Waals surface area contributed by atoms with Gasteiger partial charge in [-0.3, -0.25) is 4.79 Å². The van der Waals surface area contributed by atoms with E-state index in [4.69, 9.17) is 9.68 Å². The molecule has 0 saturated heterocycles. The number of nitrogens with one attached hydrogen (secondary N) is 1. The van der Waals surface area contributed by atoms with E-state index in [1.165, 1.54) is 24.3 Å². The van der Waals surface area contributed by atoms with Gasteiger partial charge in [0.2, 0.25) is 11.8 Å². The van der Waals surface area contributed by atoms with Crippen LogP contribution in [0.5, 0.6) is 0 Å². The van der Waals surface area contributed by atoms with Gasteiger partial charge < -0.3 is 9.73 Å². The summed E-state index contributed by atoms with van der Waals surface area (Å²) in [7, 11) is 0. The highest BCUT2D eigenvalue weighted by Gasteiger charge is 2.19. The molecule has 0 fully saturated rings. The predicted octanol–water partition coefficient (Wildman–Crippen LogP) is 3.87. The maximum absolute atomic E-state index is 13.0. The fourth-order valence-corrected chi connectivity index (χ4v) is 2.77. The molecule has 0 aliphatic rings. The summed E-state index contributed by atoms with van der Waals surface area (Å²) in [5.74, 6) is -0.359. The first-order valence-electron chi connectivity index (χ1n) is 7.62. The van der Waals surface area contributed by atoms with Crippen LogP contribution in [0, 0.1) is 17.1 Å². The van der Waals surface area contributed by atoms with Crippen molar-refractivity contribution < 1.29 is 13.6 Å². The maximum atomic E-state index is 13.0. The second-order valence-corrected chi connectivity index (χ2v) is 6.61. The summed E-state index contributed by atoms with van der Waals surface area (Å²) in [6.07, 6.45) is 0. The molecule has 3 rings (SSSR count). The highest BCUT2D eigenvalue weighted by molar-refractivity contribution is 8.00. The Labute approximate surface area is 153 Å². The monoisotopic (exact) mass is 368 g/mol. The summed E-state index contributed by atoms with van der Waals surface area (Å²) >= 11 is 1.11. The number of carbonyl (C=O) groups is 1. The van der Waals surface area contributed by atoms with E-state index in [0.717, 1.165) is 11.8 Å². The fourth-order valence-electron chi connectivity index (χ4n) is 2.08. The molecule has 3 aromatic rings. The van der Waals surface area contributed by atoms with E-state index < -0.39 is 5.25 Å². The van der Waals surface area contributed by atoms with E-state index in [1.54, 1.807) is 31.2 Å². The van der Waals surface area contributed by atoms with Crippen molar-refractivity contribution in [2.24, 2.45) is 0 Å². The summed E-state index contributed by atoms with van der Waals surface area (Å²) < 4.78 is 18.5. The third-order valence-electron chi connectivity index (χ3n) is 3.40. The van der Waals surface area contributed by atoms with Gasteiger partial charge in [0.15, 0.2) is 0 Å². The van der Waals surface area contributed by atoms with Crippen LogP contribution < -0.4 is 5.32 Å². The summed E-state index contributed by atoms with van der Waals surface area (Å²) in [6.45, 7) is 1.70. The zero-order chi connectivity index (χ0) is 18.5. The number of hydrogen-bond donors (Lipinski definition) is 1. The lowest BCUT2D eigenvalue weighted by Gasteiger charge is -2.09. The molecular weight excluding hydrogens is 355 g/mol. The van der Waals surface area contributed by atoms with Gasteiger partial charge in [0.05, 0.1) is 16.9 Å². The molecule has 0 spiro atoms. The third kappa shape index (κ3) is 4.26. The van der Waals surface area contributed by atoms with Gasteiger partial charge in [-0.05, 0) is 49.4 Å². The summed E-state index contributed by atoms with van der Waals surface area (Å²) in [5, 5.41) is 19.2. The predicted molar refractivity (Wildman–Crippen MR) is 94.8 cm³/mol. The first-order valence-corrected chi connectivity index (χ1v) is 8.50. The lowest BCUT2D eigenvalue weighted by Crippen LogP contribution is -2.22. The highest BCUT2D eigenvalue weighted by Crippen LogP contribution is 2.27. The minimum absolute atomic E-state index is 0.234. The van der Waals surface area contributed by atoms with Crippen LogP contribution in [-0.4, -0.2) is 21.4 Å². The number of nitriles is 1. The van der Waals surface area contributed by atoms with E-state index >= 15 is 0 Å². The second kappa shape index (κ2) is 7.80. The molecule has 0 saturated carbocycles. The molecule has 0 aliphatic carbocycles. The molecule has 8 heteroatoms. The number of benzene rings is 2. The first-order chi connectivity index (χ1) is 12.5. The maximum Gasteiger partial charge on any atom is 0.277 e. The smallest absolute Gasteiger partial charge is 0.277 e. The zero-order valence-electron chi connectivity index (χ0n) is 13.6. The van der Waals surface area contributed by atoms with E-state index in [9.17, 15) is 9.18 Å². The van der Waals surface area contributed by atoms with Gasteiger partial charge in [-0.25, -0.2) is 4.39 Å². The van der Waals surface area contributed by atoms with Crippen LogP contribution >= 0.6 is 11.8 Å². The van der Waals surface area contributed by atoms with Crippen LogP contribution in [0.2, 0.25) is 0 Å². The molecular formula is C18H13FN4O2S. The Morgan fingerprint density at radius 3 is 2.77 bits per heavy atom. The first kappa shape index (κ1) is 17.6. The second-order valence-electron chi connectivity index (χ2n) is 5.32. The Bertz CT molecular complexity index is 966. The van der Waals surface area contributed by atoms with Gasteiger partial charge in [-0.2, -0.15) is 5.26 Å². The molecule has 0 bridgehead atoms. The number of aromatic nitrogens is 2. The van der Waals surface area contributed by atoms with Crippen LogP contribution in [0.4, 0.5) is 10.1 Å². The molecule has 0 unspecified atom stereocenters. The zero-order valence-corrected chi connectivity index (χ0v) is 14.5. The summed E-state index contributed by atoms with van der Waals surface area (Å²) in [4.78, 5) is 12.3. The van der Waals surface area contributed by atoms with E-state index in [-0.39, 0.29) is 22.8 Å². The van der Waals surface area contributed by atoms with Crippen molar-refractivity contribution in [3.8, 4) is 17.5 Å². The van der Waals surface area contributed by atoms with Crippen LogP contribution in [0.15, 0.2) is 58.2 Å². The normalized spacial score (nSPS) is 11.6. The number of anilines is 1. The number of rotatable bonds is 5. The Morgan fingerprint density at radius 1 is 1.27 bits per heavy atom. The number of nitrogens with zero attached hydrogens (tertiary/aromatic N) is 3. The number of amides is 1. The Hall–Kier alpha value is -3.18. The molecule has 1 atom stereocenters. The molecule has 1 aromatic heterocycles. The average molecular weight is 368 g/mol. The largest absolute Gasteiger partial charge is 0.411 e. The SMILES string of the molecule is C[C@H](Sc1nnc(-c2ccc(F)cc2)o1)C(=O)Nc1cccc(C#N)c1. The number of halogens is 1. The quantitative estimate of drug-likeness (QED) is 0.688. The summed E-state index contributed by atoms with van der Waals surface area (Å²) in [5.41, 5.74) is 1.60. The van der Waals surface area contributed by atoms with E-state index in [0.29, 0.717) is 16.8 Å². The minimum Gasteiger partial charge on any atom is -0.411 e. The topological polar surface area (TPSA) is 91.8 Å². The third-order valence-corrected chi connectivity index (χ3v) is 4.34. The minimum atomic E-state index is -0.498. The Kier molecular flexibility index (Phi) is 5.29. The van der Waals surface area contributed by atoms with Crippen molar-refractivity contribution in [1.82, 2.24) is 10.2 Å². The molecule has 2 aromatic carbocycles. The number of hydrogen-bond acceptors (Lipinski definition) is 6. The van der Waals surface area contributed by atoms with Crippen molar-refractivity contribution in [3.05, 3.63) is 59.9 Å².